The summed E-state index contributed by atoms with van der Waals surface area (Å²) in [5, 5.41) is 0. The fourth-order valence-electron chi connectivity index (χ4n) is 0.743. The lowest BCUT2D eigenvalue weighted by atomic mass is 10.2. The molecule has 54 valence electrons. The standard InChI is InChI=1S/C8H9ClO/c9-6-2-1-4-8-5-3-7-10-8/h2-3,5-7H,1,4H2. The first kappa shape index (κ1) is 7.42. The number of allylic oxidation sites excluding steroid dienone is 1. The van der Waals surface area contributed by atoms with Gasteiger partial charge in [0.1, 0.15) is 5.76 Å². The zero-order chi connectivity index (χ0) is 7.23. The topological polar surface area (TPSA) is 13.1 Å². The van der Waals surface area contributed by atoms with Crippen LogP contribution >= 0.6 is 11.6 Å². The van der Waals surface area contributed by atoms with E-state index in [1.54, 1.807) is 6.26 Å². The fraction of sp³-hybridized carbons (Fsp3) is 0.250. The molecular weight excluding hydrogens is 148 g/mol. The molecule has 1 heterocycles. The Labute approximate surface area is 65.3 Å². The fourth-order valence-corrected chi connectivity index (χ4v) is 0.869. The molecule has 1 rings (SSSR count). The molecule has 0 fully saturated rings. The Morgan fingerprint density at radius 2 is 2.50 bits per heavy atom. The number of halogens is 1. The van der Waals surface area contributed by atoms with Gasteiger partial charge in [-0.15, -0.1) is 0 Å². The highest BCUT2D eigenvalue weighted by Gasteiger charge is 1.90. The molecule has 0 aromatic carbocycles. The molecule has 0 atom stereocenters. The average Bonchev–Trinajstić information content (AvgIpc) is 2.41. The summed E-state index contributed by atoms with van der Waals surface area (Å²) in [4.78, 5) is 0. The molecule has 1 aromatic rings. The van der Waals surface area contributed by atoms with E-state index in [0.29, 0.717) is 0 Å². The first-order chi connectivity index (χ1) is 4.93. The second kappa shape index (κ2) is 4.18. The Morgan fingerprint density at radius 3 is 3.10 bits per heavy atom. The van der Waals surface area contributed by atoms with Crippen molar-refractivity contribution in [1.82, 2.24) is 0 Å². The first-order valence-electron chi connectivity index (χ1n) is 3.21. The zero-order valence-electron chi connectivity index (χ0n) is 5.59. The monoisotopic (exact) mass is 156 g/mol. The van der Waals surface area contributed by atoms with E-state index in [1.165, 1.54) is 5.54 Å². The summed E-state index contributed by atoms with van der Waals surface area (Å²) in [5.41, 5.74) is 1.53. The van der Waals surface area contributed by atoms with E-state index in [2.05, 4.69) is 0 Å². The minimum absolute atomic E-state index is 0.927. The van der Waals surface area contributed by atoms with Crippen molar-refractivity contribution in [3.05, 3.63) is 35.8 Å². The minimum atomic E-state index is 0.927. The summed E-state index contributed by atoms with van der Waals surface area (Å²) < 4.78 is 5.10. The Kier molecular flexibility index (Phi) is 3.10. The number of hydrogen-bond donors (Lipinski definition) is 0. The molecule has 10 heavy (non-hydrogen) atoms. The van der Waals surface area contributed by atoms with Crippen molar-refractivity contribution in [3.63, 3.8) is 0 Å². The maximum absolute atomic E-state index is 5.33. The lowest BCUT2D eigenvalue weighted by molar-refractivity contribution is 0.510. The van der Waals surface area contributed by atoms with Crippen LogP contribution < -0.4 is 0 Å². The molecule has 0 bridgehead atoms. The van der Waals surface area contributed by atoms with Crippen molar-refractivity contribution in [2.24, 2.45) is 0 Å². The van der Waals surface area contributed by atoms with Gasteiger partial charge >= 0.3 is 0 Å². The quantitative estimate of drug-likeness (QED) is 0.656. The maximum atomic E-state index is 5.33. The molecule has 0 aliphatic rings. The van der Waals surface area contributed by atoms with Crippen LogP contribution in [0.1, 0.15) is 12.2 Å². The predicted octanol–water partition coefficient (Wildman–Crippen LogP) is 2.96. The number of hydrogen-bond acceptors (Lipinski definition) is 1. The summed E-state index contributed by atoms with van der Waals surface area (Å²) in [6, 6.07) is 3.85. The maximum Gasteiger partial charge on any atom is 0.104 e. The largest absolute Gasteiger partial charge is 0.469 e. The minimum Gasteiger partial charge on any atom is -0.469 e. The lowest BCUT2D eigenvalue weighted by Crippen LogP contribution is -1.76. The van der Waals surface area contributed by atoms with E-state index in [9.17, 15) is 0 Å². The highest BCUT2D eigenvalue weighted by Crippen LogP contribution is 2.03. The number of aryl methyl sites for hydroxylation is 1. The van der Waals surface area contributed by atoms with Gasteiger partial charge in [0.2, 0.25) is 0 Å². The van der Waals surface area contributed by atoms with Gasteiger partial charge in [0.15, 0.2) is 0 Å². The first-order valence-corrected chi connectivity index (χ1v) is 3.64. The van der Waals surface area contributed by atoms with Gasteiger partial charge in [-0.25, -0.2) is 0 Å². The van der Waals surface area contributed by atoms with Crippen molar-refractivity contribution < 1.29 is 4.42 Å². The van der Waals surface area contributed by atoms with E-state index in [-0.39, 0.29) is 0 Å². The molecular formula is C8H9ClO. The van der Waals surface area contributed by atoms with Crippen LogP contribution in [-0.2, 0) is 6.42 Å². The van der Waals surface area contributed by atoms with Crippen molar-refractivity contribution in [2.45, 2.75) is 12.8 Å². The summed E-state index contributed by atoms with van der Waals surface area (Å²) in [7, 11) is 0. The SMILES string of the molecule is ClC=CCCc1ccco1. The van der Waals surface area contributed by atoms with E-state index >= 15 is 0 Å². The van der Waals surface area contributed by atoms with Crippen LogP contribution in [0, 0.1) is 0 Å². The van der Waals surface area contributed by atoms with Crippen LogP contribution in [0.25, 0.3) is 0 Å². The number of rotatable bonds is 3. The Bertz CT molecular complexity index is 189. The van der Waals surface area contributed by atoms with Gasteiger partial charge in [0.25, 0.3) is 0 Å². The van der Waals surface area contributed by atoms with Crippen molar-refractivity contribution in [2.75, 3.05) is 0 Å². The van der Waals surface area contributed by atoms with Gasteiger partial charge in [-0.05, 0) is 18.6 Å². The molecule has 0 aliphatic carbocycles. The van der Waals surface area contributed by atoms with Crippen LogP contribution in [0.2, 0.25) is 0 Å². The van der Waals surface area contributed by atoms with Crippen LogP contribution in [-0.4, -0.2) is 0 Å². The summed E-state index contributed by atoms with van der Waals surface area (Å²) in [6.07, 6.45) is 5.46. The summed E-state index contributed by atoms with van der Waals surface area (Å²) in [6.45, 7) is 0. The van der Waals surface area contributed by atoms with Gasteiger partial charge in [-0.1, -0.05) is 17.7 Å². The zero-order valence-corrected chi connectivity index (χ0v) is 6.34. The van der Waals surface area contributed by atoms with Gasteiger partial charge < -0.3 is 4.42 Å². The van der Waals surface area contributed by atoms with Crippen molar-refractivity contribution in [1.29, 1.82) is 0 Å². The van der Waals surface area contributed by atoms with E-state index in [0.717, 1.165) is 18.6 Å². The van der Waals surface area contributed by atoms with Gasteiger partial charge in [0, 0.05) is 12.0 Å². The third-order valence-electron chi connectivity index (χ3n) is 1.23. The van der Waals surface area contributed by atoms with Gasteiger partial charge in [-0.2, -0.15) is 0 Å². The lowest BCUT2D eigenvalue weighted by Gasteiger charge is -1.88. The molecule has 0 spiro atoms. The van der Waals surface area contributed by atoms with E-state index in [1.807, 2.05) is 18.2 Å². The molecule has 0 N–H and O–H groups in total. The highest BCUT2D eigenvalue weighted by atomic mass is 35.5. The highest BCUT2D eigenvalue weighted by molar-refractivity contribution is 6.25. The Balaban J connectivity index is 2.28. The molecule has 2 heteroatoms. The van der Waals surface area contributed by atoms with E-state index < -0.39 is 0 Å². The molecule has 0 unspecified atom stereocenters. The van der Waals surface area contributed by atoms with Crippen LogP contribution in [0.15, 0.2) is 34.4 Å². The molecule has 0 saturated heterocycles. The van der Waals surface area contributed by atoms with Crippen molar-refractivity contribution in [3.8, 4) is 0 Å². The Hall–Kier alpha value is -0.690. The van der Waals surface area contributed by atoms with Gasteiger partial charge in [0.05, 0.1) is 6.26 Å². The second-order valence-corrected chi connectivity index (χ2v) is 2.23. The third-order valence-corrected chi connectivity index (χ3v) is 1.40. The van der Waals surface area contributed by atoms with Crippen LogP contribution in [0.4, 0.5) is 0 Å². The van der Waals surface area contributed by atoms with Crippen molar-refractivity contribution >= 4 is 11.6 Å². The third kappa shape index (κ3) is 2.28. The molecule has 0 radical (unpaired) electrons. The van der Waals surface area contributed by atoms with Crippen LogP contribution in [0.3, 0.4) is 0 Å². The average molecular weight is 157 g/mol. The molecule has 1 aromatic heterocycles. The summed E-state index contributed by atoms with van der Waals surface area (Å²) in [5.74, 6) is 1.01. The molecule has 1 nitrogen and oxygen atoms in total. The van der Waals surface area contributed by atoms with E-state index in [4.69, 9.17) is 16.0 Å². The predicted molar refractivity (Wildman–Crippen MR) is 42.0 cm³/mol. The Morgan fingerprint density at radius 1 is 1.60 bits per heavy atom. The van der Waals surface area contributed by atoms with Gasteiger partial charge in [-0.3, -0.25) is 0 Å². The smallest absolute Gasteiger partial charge is 0.104 e. The summed E-state index contributed by atoms with van der Waals surface area (Å²) >= 11 is 5.33. The molecule has 0 aliphatic heterocycles. The second-order valence-electron chi connectivity index (χ2n) is 1.98. The molecule has 0 saturated carbocycles. The normalized spacial score (nSPS) is 10.9. The van der Waals surface area contributed by atoms with Crippen LogP contribution in [0.5, 0.6) is 0 Å². The molecule has 0 amide bonds. The number of furan rings is 1.